The Hall–Kier alpha value is -1.39. The molecule has 1 heterocycles. The van der Waals surface area contributed by atoms with Crippen LogP contribution >= 0.6 is 0 Å². The van der Waals surface area contributed by atoms with Crippen LogP contribution in [0.25, 0.3) is 0 Å². The van der Waals surface area contributed by atoms with Crippen molar-refractivity contribution in [2.24, 2.45) is 23.7 Å². The Morgan fingerprint density at radius 2 is 1.83 bits per heavy atom. The van der Waals surface area contributed by atoms with Gasteiger partial charge in [-0.25, -0.2) is 0 Å². The van der Waals surface area contributed by atoms with Crippen LogP contribution in [0.5, 0.6) is 0 Å². The summed E-state index contributed by atoms with van der Waals surface area (Å²) in [6.45, 7) is 2.87. The van der Waals surface area contributed by atoms with E-state index in [0.29, 0.717) is 12.5 Å². The number of hydrogen-bond donors (Lipinski definition) is 3. The summed E-state index contributed by atoms with van der Waals surface area (Å²) in [7, 11) is 0. The molecule has 0 spiro atoms. The highest BCUT2D eigenvalue weighted by molar-refractivity contribution is 5.86. The number of amides is 1. The summed E-state index contributed by atoms with van der Waals surface area (Å²) >= 11 is 0. The molecule has 1 aromatic rings. The van der Waals surface area contributed by atoms with Crippen LogP contribution < -0.4 is 10.6 Å². The zero-order valence-electron chi connectivity index (χ0n) is 13.5. The van der Waals surface area contributed by atoms with E-state index in [4.69, 9.17) is 0 Å². The van der Waals surface area contributed by atoms with Gasteiger partial charge >= 0.3 is 0 Å². The monoisotopic (exact) mass is 314 g/mol. The molecular formula is C19H26N2O2. The molecule has 0 radical (unpaired) electrons. The molecule has 0 bridgehead atoms. The highest BCUT2D eigenvalue weighted by atomic mass is 16.3. The molecule has 3 N–H and O–H groups in total. The second-order valence-electron chi connectivity index (χ2n) is 7.47. The number of aliphatic hydroxyl groups is 1. The zero-order chi connectivity index (χ0) is 15.9. The highest BCUT2D eigenvalue weighted by Crippen LogP contribution is 2.48. The van der Waals surface area contributed by atoms with Gasteiger partial charge in [-0.2, -0.15) is 0 Å². The standard InChI is InChI=1S/C19H26N2O2/c22-18(21-12-17-15-10-20-11-16(15)17)19(23,14-8-4-5-9-14)13-6-2-1-3-7-13/h1-3,6-7,14-17,20,23H,4-5,8-12H2,(H,21,22). The molecule has 1 amide bonds. The van der Waals surface area contributed by atoms with Gasteiger partial charge in [-0.1, -0.05) is 43.2 Å². The van der Waals surface area contributed by atoms with Crippen LogP contribution in [0.1, 0.15) is 31.2 Å². The second kappa shape index (κ2) is 5.91. The Labute approximate surface area is 137 Å². The molecule has 1 aliphatic heterocycles. The predicted octanol–water partition coefficient (Wildman–Crippen LogP) is 1.65. The molecule has 2 aliphatic carbocycles. The van der Waals surface area contributed by atoms with Gasteiger partial charge < -0.3 is 15.7 Å². The highest BCUT2D eigenvalue weighted by Gasteiger charge is 2.53. The Bertz CT molecular complexity index is 560. The smallest absolute Gasteiger partial charge is 0.256 e. The second-order valence-corrected chi connectivity index (χ2v) is 7.47. The largest absolute Gasteiger partial charge is 0.375 e. The van der Waals surface area contributed by atoms with Crippen molar-refractivity contribution in [1.29, 1.82) is 0 Å². The maximum Gasteiger partial charge on any atom is 0.256 e. The van der Waals surface area contributed by atoms with Gasteiger partial charge in [0.1, 0.15) is 0 Å². The van der Waals surface area contributed by atoms with Crippen LogP contribution in [0.15, 0.2) is 30.3 Å². The molecular weight excluding hydrogens is 288 g/mol. The fourth-order valence-electron chi connectivity index (χ4n) is 4.78. The summed E-state index contributed by atoms with van der Waals surface area (Å²) in [5.41, 5.74) is -0.637. The van der Waals surface area contributed by atoms with E-state index in [1.165, 1.54) is 0 Å². The van der Waals surface area contributed by atoms with E-state index in [1.54, 1.807) is 0 Å². The van der Waals surface area contributed by atoms with E-state index in [2.05, 4.69) is 10.6 Å². The van der Waals surface area contributed by atoms with Crippen molar-refractivity contribution in [2.75, 3.05) is 19.6 Å². The third kappa shape index (κ3) is 2.58. The average molecular weight is 314 g/mol. The number of piperidine rings is 1. The first-order valence-corrected chi connectivity index (χ1v) is 8.98. The van der Waals surface area contributed by atoms with Crippen molar-refractivity contribution >= 4 is 5.91 Å². The minimum absolute atomic E-state index is 0.0327. The lowest BCUT2D eigenvalue weighted by molar-refractivity contribution is -0.147. The Kier molecular flexibility index (Phi) is 3.90. The van der Waals surface area contributed by atoms with E-state index in [-0.39, 0.29) is 11.8 Å². The third-order valence-corrected chi connectivity index (χ3v) is 6.27. The van der Waals surface area contributed by atoms with Crippen LogP contribution in [-0.2, 0) is 10.4 Å². The maximum atomic E-state index is 12.9. The van der Waals surface area contributed by atoms with E-state index in [1.807, 2.05) is 30.3 Å². The van der Waals surface area contributed by atoms with Gasteiger partial charge in [0.2, 0.25) is 0 Å². The number of hydrogen-bond acceptors (Lipinski definition) is 3. The number of rotatable bonds is 5. The predicted molar refractivity (Wildman–Crippen MR) is 88.6 cm³/mol. The minimum Gasteiger partial charge on any atom is -0.375 e. The van der Waals surface area contributed by atoms with Crippen LogP contribution in [-0.4, -0.2) is 30.6 Å². The van der Waals surface area contributed by atoms with Crippen LogP contribution in [0.2, 0.25) is 0 Å². The van der Waals surface area contributed by atoms with Crippen LogP contribution in [0, 0.1) is 23.7 Å². The molecule has 124 valence electrons. The van der Waals surface area contributed by atoms with Crippen molar-refractivity contribution in [1.82, 2.24) is 10.6 Å². The van der Waals surface area contributed by atoms with Crippen molar-refractivity contribution in [3.05, 3.63) is 35.9 Å². The first-order valence-electron chi connectivity index (χ1n) is 8.98. The van der Waals surface area contributed by atoms with Gasteiger partial charge in [0, 0.05) is 12.5 Å². The maximum absolute atomic E-state index is 12.9. The van der Waals surface area contributed by atoms with Gasteiger partial charge in [-0.05, 0) is 49.2 Å². The number of nitrogens with one attached hydrogen (secondary N) is 2. The molecule has 1 saturated heterocycles. The summed E-state index contributed by atoms with van der Waals surface area (Å²) < 4.78 is 0. The molecule has 3 atom stereocenters. The first kappa shape index (κ1) is 15.2. The van der Waals surface area contributed by atoms with Gasteiger partial charge in [-0.15, -0.1) is 0 Å². The van der Waals surface area contributed by atoms with Crippen molar-refractivity contribution in [3.8, 4) is 0 Å². The first-order chi connectivity index (χ1) is 11.2. The van der Waals surface area contributed by atoms with E-state index < -0.39 is 5.60 Å². The number of carbonyl (C=O) groups excluding carboxylic acids is 1. The van der Waals surface area contributed by atoms with Crippen LogP contribution in [0.3, 0.4) is 0 Å². The number of fused-ring (bicyclic) bond motifs is 1. The average Bonchev–Trinajstić information content (AvgIpc) is 3.02. The van der Waals surface area contributed by atoms with E-state index in [9.17, 15) is 9.90 Å². The number of carbonyl (C=O) groups is 1. The molecule has 4 heteroatoms. The van der Waals surface area contributed by atoms with Crippen molar-refractivity contribution in [3.63, 3.8) is 0 Å². The van der Waals surface area contributed by atoms with Gasteiger partial charge in [0.25, 0.3) is 5.91 Å². The SMILES string of the molecule is O=C(NCC1C2CNCC21)C(O)(c1ccccc1)C1CCCC1. The molecule has 3 unspecified atom stereocenters. The molecule has 3 aliphatic rings. The molecule has 3 fully saturated rings. The Balaban J connectivity index is 1.49. The van der Waals surface area contributed by atoms with Crippen LogP contribution in [0.4, 0.5) is 0 Å². The van der Waals surface area contributed by atoms with Gasteiger partial charge in [0.15, 0.2) is 5.60 Å². The lowest BCUT2D eigenvalue weighted by Gasteiger charge is -2.33. The molecule has 4 rings (SSSR count). The molecule has 23 heavy (non-hydrogen) atoms. The minimum atomic E-state index is -1.37. The fraction of sp³-hybridized carbons (Fsp3) is 0.632. The lowest BCUT2D eigenvalue weighted by atomic mass is 9.79. The third-order valence-electron chi connectivity index (χ3n) is 6.27. The normalized spacial score (nSPS) is 32.3. The topological polar surface area (TPSA) is 61.4 Å². The Morgan fingerprint density at radius 3 is 2.48 bits per heavy atom. The summed E-state index contributed by atoms with van der Waals surface area (Å²) in [5.74, 6) is 1.89. The Morgan fingerprint density at radius 1 is 1.17 bits per heavy atom. The van der Waals surface area contributed by atoms with E-state index in [0.717, 1.165) is 56.2 Å². The fourth-order valence-corrected chi connectivity index (χ4v) is 4.78. The molecule has 4 nitrogen and oxygen atoms in total. The van der Waals surface area contributed by atoms with E-state index >= 15 is 0 Å². The zero-order valence-corrected chi connectivity index (χ0v) is 13.5. The van der Waals surface area contributed by atoms with Crippen molar-refractivity contribution < 1.29 is 9.90 Å². The van der Waals surface area contributed by atoms with Gasteiger partial charge in [-0.3, -0.25) is 4.79 Å². The molecule has 2 saturated carbocycles. The quantitative estimate of drug-likeness (QED) is 0.774. The molecule has 0 aromatic heterocycles. The summed E-state index contributed by atoms with van der Waals surface area (Å²) in [6, 6.07) is 9.50. The summed E-state index contributed by atoms with van der Waals surface area (Å²) in [4.78, 5) is 12.9. The van der Waals surface area contributed by atoms with Gasteiger partial charge in [0.05, 0.1) is 0 Å². The summed E-state index contributed by atoms with van der Waals surface area (Å²) in [6.07, 6.45) is 4.06. The molecule has 1 aromatic carbocycles. The van der Waals surface area contributed by atoms with Crippen molar-refractivity contribution in [2.45, 2.75) is 31.3 Å². The summed E-state index contributed by atoms with van der Waals surface area (Å²) in [5, 5.41) is 17.8. The lowest BCUT2D eigenvalue weighted by Crippen LogP contribution is -2.49. The number of benzene rings is 1.